The molecule has 0 atom stereocenters. The number of carbonyl (C=O) groups is 1. The van der Waals surface area contributed by atoms with Crippen LogP contribution in [0.1, 0.15) is 16.2 Å². The zero-order chi connectivity index (χ0) is 17.1. The first-order valence-corrected chi connectivity index (χ1v) is 7.19. The fraction of sp³-hybridized carbons (Fsp3) is 0.0667. The molecule has 1 amide bonds. The van der Waals surface area contributed by atoms with Gasteiger partial charge in [0.25, 0.3) is 5.91 Å². The van der Waals surface area contributed by atoms with Crippen molar-refractivity contribution < 1.29 is 13.7 Å². The summed E-state index contributed by atoms with van der Waals surface area (Å²) in [7, 11) is 0. The van der Waals surface area contributed by atoms with Crippen LogP contribution in [0.5, 0.6) is 0 Å². The molecule has 0 saturated carbocycles. The summed E-state index contributed by atoms with van der Waals surface area (Å²) in [5, 5.41) is 16.8. The van der Waals surface area contributed by atoms with Gasteiger partial charge < -0.3 is 15.2 Å². The molecule has 122 valence electrons. The number of nitrogens with zero attached hydrogens (tertiary/aromatic N) is 3. The largest absolute Gasteiger partial charge is 0.360 e. The zero-order valence-corrected chi connectivity index (χ0v) is 13.1. The third-order valence-electron chi connectivity index (χ3n) is 2.96. The molecule has 0 aliphatic carbocycles. The first-order valence-electron chi connectivity index (χ1n) is 6.82. The SMILES string of the molecule is Cc1cc(NC(=O)c2ccc(Nc3ccc(F)c(Cl)c3)nn2)no1. The third kappa shape index (κ3) is 3.66. The Labute approximate surface area is 140 Å². The Hall–Kier alpha value is -3.00. The highest BCUT2D eigenvalue weighted by molar-refractivity contribution is 6.31. The van der Waals surface area contributed by atoms with Crippen LogP contribution < -0.4 is 10.6 Å². The number of hydrogen-bond donors (Lipinski definition) is 2. The van der Waals surface area contributed by atoms with Crippen molar-refractivity contribution in [3.05, 3.63) is 58.7 Å². The first kappa shape index (κ1) is 15.9. The van der Waals surface area contributed by atoms with E-state index in [1.54, 1.807) is 19.1 Å². The van der Waals surface area contributed by atoms with E-state index < -0.39 is 11.7 Å². The predicted octanol–water partition coefficient (Wildman–Crippen LogP) is 3.56. The van der Waals surface area contributed by atoms with Crippen LogP contribution in [-0.4, -0.2) is 21.3 Å². The van der Waals surface area contributed by atoms with Crippen LogP contribution >= 0.6 is 11.6 Å². The number of carbonyl (C=O) groups excluding carboxylic acids is 1. The number of aromatic nitrogens is 3. The number of aryl methyl sites for hydroxylation is 1. The lowest BCUT2D eigenvalue weighted by atomic mass is 10.3. The summed E-state index contributed by atoms with van der Waals surface area (Å²) in [6.07, 6.45) is 0. The molecule has 24 heavy (non-hydrogen) atoms. The quantitative estimate of drug-likeness (QED) is 0.749. The maximum absolute atomic E-state index is 13.1. The fourth-order valence-corrected chi connectivity index (χ4v) is 2.03. The molecule has 0 bridgehead atoms. The minimum absolute atomic E-state index is 0.00753. The first-order chi connectivity index (χ1) is 11.5. The van der Waals surface area contributed by atoms with E-state index in [1.165, 1.54) is 24.3 Å². The van der Waals surface area contributed by atoms with Crippen molar-refractivity contribution in [1.29, 1.82) is 0 Å². The topological polar surface area (TPSA) is 92.9 Å². The van der Waals surface area contributed by atoms with Gasteiger partial charge in [-0.3, -0.25) is 4.79 Å². The lowest BCUT2D eigenvalue weighted by molar-refractivity contribution is 0.102. The smallest absolute Gasteiger partial charge is 0.277 e. The number of amides is 1. The molecular weight excluding hydrogens is 337 g/mol. The molecule has 0 fully saturated rings. The van der Waals surface area contributed by atoms with Gasteiger partial charge in [0.05, 0.1) is 5.02 Å². The van der Waals surface area contributed by atoms with Crippen LogP contribution in [0.3, 0.4) is 0 Å². The van der Waals surface area contributed by atoms with Crippen molar-refractivity contribution in [2.75, 3.05) is 10.6 Å². The Bertz CT molecular complexity index is 882. The molecule has 0 radical (unpaired) electrons. The fourth-order valence-electron chi connectivity index (χ4n) is 1.85. The number of hydrogen-bond acceptors (Lipinski definition) is 6. The van der Waals surface area contributed by atoms with Gasteiger partial charge in [-0.25, -0.2) is 4.39 Å². The zero-order valence-electron chi connectivity index (χ0n) is 12.4. The number of rotatable bonds is 4. The minimum atomic E-state index is -0.511. The lowest BCUT2D eigenvalue weighted by Gasteiger charge is -2.06. The monoisotopic (exact) mass is 347 g/mol. The maximum Gasteiger partial charge on any atom is 0.277 e. The van der Waals surface area contributed by atoms with E-state index in [-0.39, 0.29) is 10.7 Å². The van der Waals surface area contributed by atoms with Crippen LogP contribution in [0.4, 0.5) is 21.7 Å². The van der Waals surface area contributed by atoms with E-state index in [2.05, 4.69) is 26.0 Å². The van der Waals surface area contributed by atoms with Crippen LogP contribution in [0, 0.1) is 12.7 Å². The second-order valence-corrected chi connectivity index (χ2v) is 5.24. The Morgan fingerprint density at radius 1 is 1.17 bits per heavy atom. The van der Waals surface area contributed by atoms with Crippen molar-refractivity contribution in [1.82, 2.24) is 15.4 Å². The predicted molar refractivity (Wildman–Crippen MR) is 85.9 cm³/mol. The summed E-state index contributed by atoms with van der Waals surface area (Å²) >= 11 is 5.71. The van der Waals surface area contributed by atoms with Gasteiger partial charge in [0, 0.05) is 11.8 Å². The molecule has 3 rings (SSSR count). The van der Waals surface area contributed by atoms with Crippen molar-refractivity contribution in [3.63, 3.8) is 0 Å². The maximum atomic E-state index is 13.1. The molecule has 0 spiro atoms. The summed E-state index contributed by atoms with van der Waals surface area (Å²) in [6.45, 7) is 1.71. The van der Waals surface area contributed by atoms with Gasteiger partial charge in [0.2, 0.25) is 0 Å². The van der Waals surface area contributed by atoms with Crippen LogP contribution in [-0.2, 0) is 0 Å². The molecule has 1 aromatic carbocycles. The normalized spacial score (nSPS) is 10.5. The second kappa shape index (κ2) is 6.63. The van der Waals surface area contributed by atoms with Gasteiger partial charge in [-0.2, -0.15) is 0 Å². The van der Waals surface area contributed by atoms with E-state index in [0.717, 1.165) is 0 Å². The molecule has 2 N–H and O–H groups in total. The van der Waals surface area contributed by atoms with Crippen molar-refractivity contribution in [2.45, 2.75) is 6.92 Å². The van der Waals surface area contributed by atoms with E-state index in [9.17, 15) is 9.18 Å². The minimum Gasteiger partial charge on any atom is -0.360 e. The molecule has 7 nitrogen and oxygen atoms in total. The Morgan fingerprint density at radius 3 is 2.62 bits per heavy atom. The lowest BCUT2D eigenvalue weighted by Crippen LogP contribution is -2.14. The number of benzene rings is 1. The van der Waals surface area contributed by atoms with Gasteiger partial charge in [0.1, 0.15) is 11.6 Å². The highest BCUT2D eigenvalue weighted by atomic mass is 35.5. The molecule has 0 aliphatic rings. The number of nitrogens with one attached hydrogen (secondary N) is 2. The van der Waals surface area contributed by atoms with Gasteiger partial charge >= 0.3 is 0 Å². The molecule has 2 heterocycles. The molecule has 0 unspecified atom stereocenters. The van der Waals surface area contributed by atoms with Gasteiger partial charge in [-0.1, -0.05) is 16.8 Å². The highest BCUT2D eigenvalue weighted by Crippen LogP contribution is 2.21. The number of anilines is 3. The van der Waals surface area contributed by atoms with Crippen LogP contribution in [0.25, 0.3) is 0 Å². The molecule has 9 heteroatoms. The van der Waals surface area contributed by atoms with Crippen molar-refractivity contribution >= 4 is 34.8 Å². The van der Waals surface area contributed by atoms with Crippen molar-refractivity contribution in [3.8, 4) is 0 Å². The molecule has 0 saturated heterocycles. The van der Waals surface area contributed by atoms with Crippen LogP contribution in [0.2, 0.25) is 5.02 Å². The number of halogens is 2. The Kier molecular flexibility index (Phi) is 4.39. The summed E-state index contributed by atoms with van der Waals surface area (Å²) in [4.78, 5) is 12.0. The third-order valence-corrected chi connectivity index (χ3v) is 3.25. The molecule has 3 aromatic rings. The van der Waals surface area contributed by atoms with E-state index in [0.29, 0.717) is 23.1 Å². The van der Waals surface area contributed by atoms with Crippen LogP contribution in [0.15, 0.2) is 40.9 Å². The Morgan fingerprint density at radius 2 is 2.00 bits per heavy atom. The molecule has 0 aliphatic heterocycles. The molecule has 2 aromatic heterocycles. The van der Waals surface area contributed by atoms with E-state index in [4.69, 9.17) is 16.1 Å². The average Bonchev–Trinajstić information content (AvgIpc) is 2.96. The van der Waals surface area contributed by atoms with Gasteiger partial charge in [-0.05, 0) is 37.3 Å². The summed E-state index contributed by atoms with van der Waals surface area (Å²) in [6, 6.07) is 8.80. The second-order valence-electron chi connectivity index (χ2n) is 4.83. The summed E-state index contributed by atoms with van der Waals surface area (Å²) in [5.74, 6) is 0.276. The highest BCUT2D eigenvalue weighted by Gasteiger charge is 2.11. The van der Waals surface area contributed by atoms with Crippen molar-refractivity contribution in [2.24, 2.45) is 0 Å². The van der Waals surface area contributed by atoms with Gasteiger partial charge in [-0.15, -0.1) is 10.2 Å². The van der Waals surface area contributed by atoms with E-state index in [1.807, 2.05) is 0 Å². The summed E-state index contributed by atoms with van der Waals surface area (Å²) in [5.41, 5.74) is 0.657. The van der Waals surface area contributed by atoms with Gasteiger partial charge in [0.15, 0.2) is 17.3 Å². The molecular formula is C15H11ClFN5O2. The summed E-state index contributed by atoms with van der Waals surface area (Å²) < 4.78 is 18.0. The standard InChI is InChI=1S/C15H11ClFN5O2/c1-8-6-14(22-24-8)19-15(23)12-4-5-13(21-20-12)18-9-2-3-11(17)10(16)7-9/h2-7H,1H3,(H,18,21)(H,19,22,23). The Balaban J connectivity index is 1.68. The average molecular weight is 348 g/mol. The van der Waals surface area contributed by atoms with E-state index >= 15 is 0 Å².